The van der Waals surface area contributed by atoms with E-state index in [0.29, 0.717) is 21.2 Å². The van der Waals surface area contributed by atoms with Crippen LogP contribution in [0.1, 0.15) is 24.4 Å². The van der Waals surface area contributed by atoms with Gasteiger partial charge in [-0.1, -0.05) is 40.9 Å². The van der Waals surface area contributed by atoms with Gasteiger partial charge in [-0.25, -0.2) is 4.98 Å². The molecule has 0 aliphatic rings. The summed E-state index contributed by atoms with van der Waals surface area (Å²) < 4.78 is 1.35. The van der Waals surface area contributed by atoms with Gasteiger partial charge in [-0.2, -0.15) is 15.2 Å². The van der Waals surface area contributed by atoms with Gasteiger partial charge in [-0.15, -0.1) is 0 Å². The topological polar surface area (TPSA) is 149 Å². The number of nitrogen functional groups attached to an aromatic ring is 2. The maximum Gasteiger partial charge on any atom is 0.267 e. The fraction of sp³-hybridized carbons (Fsp3) is 0.0952. The SMILES string of the molecule is CC(Nc1nc(N)nc(N)c1C#N)c1nc2cccc(Cl)c2c(=O)n1-c1cc(Cl)cc(Cl)c1. The van der Waals surface area contributed by atoms with Crippen LogP contribution in [0.3, 0.4) is 0 Å². The molecule has 4 rings (SSSR count). The van der Waals surface area contributed by atoms with Crippen molar-refractivity contribution in [2.45, 2.75) is 13.0 Å². The smallest absolute Gasteiger partial charge is 0.267 e. The summed E-state index contributed by atoms with van der Waals surface area (Å²) in [6.07, 6.45) is 0. The van der Waals surface area contributed by atoms with Crippen LogP contribution in [0.5, 0.6) is 0 Å². The van der Waals surface area contributed by atoms with E-state index in [-0.39, 0.29) is 39.4 Å². The second kappa shape index (κ2) is 8.75. The monoisotopic (exact) mass is 500 g/mol. The number of halogens is 3. The lowest BCUT2D eigenvalue weighted by molar-refractivity contribution is 0.731. The molecular weight excluding hydrogens is 487 g/mol. The normalized spacial score (nSPS) is 11.8. The van der Waals surface area contributed by atoms with Crippen molar-refractivity contribution in [2.75, 3.05) is 16.8 Å². The van der Waals surface area contributed by atoms with Crippen molar-refractivity contribution in [1.29, 1.82) is 5.26 Å². The third-order valence-electron chi connectivity index (χ3n) is 4.78. The highest BCUT2D eigenvalue weighted by Crippen LogP contribution is 2.28. The third kappa shape index (κ3) is 4.24. The molecule has 0 amide bonds. The number of fused-ring (bicyclic) bond motifs is 1. The molecule has 4 aromatic rings. The molecule has 1 unspecified atom stereocenters. The first-order chi connectivity index (χ1) is 15.7. The van der Waals surface area contributed by atoms with Crippen LogP contribution < -0.4 is 22.3 Å². The summed E-state index contributed by atoms with van der Waals surface area (Å²) in [7, 11) is 0. The zero-order chi connectivity index (χ0) is 23.9. The average molecular weight is 502 g/mol. The van der Waals surface area contributed by atoms with Gasteiger partial charge in [0, 0.05) is 10.0 Å². The molecule has 0 aliphatic carbocycles. The molecule has 2 aromatic carbocycles. The molecular formula is C21H15Cl3N8O. The second-order valence-corrected chi connectivity index (χ2v) is 8.32. The first-order valence-corrected chi connectivity index (χ1v) is 10.6. The summed E-state index contributed by atoms with van der Waals surface area (Å²) in [6, 6.07) is 11.0. The lowest BCUT2D eigenvalue weighted by atomic mass is 10.2. The van der Waals surface area contributed by atoms with Gasteiger partial charge < -0.3 is 16.8 Å². The quantitative estimate of drug-likeness (QED) is 0.374. The van der Waals surface area contributed by atoms with Crippen LogP contribution in [0.4, 0.5) is 17.6 Å². The van der Waals surface area contributed by atoms with Gasteiger partial charge in [0.05, 0.1) is 27.7 Å². The van der Waals surface area contributed by atoms with E-state index in [1.807, 2.05) is 6.07 Å². The third-order valence-corrected chi connectivity index (χ3v) is 5.54. The van der Waals surface area contributed by atoms with E-state index in [9.17, 15) is 10.1 Å². The molecule has 33 heavy (non-hydrogen) atoms. The van der Waals surface area contributed by atoms with Crippen molar-refractivity contribution in [3.63, 3.8) is 0 Å². The average Bonchev–Trinajstić information content (AvgIpc) is 2.72. The number of nitriles is 1. The number of rotatable bonds is 4. The summed E-state index contributed by atoms with van der Waals surface area (Å²) in [5.74, 6) is 0.203. The maximum atomic E-state index is 13.6. The van der Waals surface area contributed by atoms with Crippen molar-refractivity contribution in [2.24, 2.45) is 0 Å². The molecule has 0 saturated carbocycles. The molecule has 166 valence electrons. The van der Waals surface area contributed by atoms with Crippen LogP contribution in [0, 0.1) is 11.3 Å². The van der Waals surface area contributed by atoms with Crippen molar-refractivity contribution in [3.05, 3.63) is 73.2 Å². The van der Waals surface area contributed by atoms with Crippen LogP contribution in [0.2, 0.25) is 15.1 Å². The molecule has 0 aliphatic heterocycles. The Morgan fingerprint density at radius 1 is 1.09 bits per heavy atom. The van der Waals surface area contributed by atoms with Crippen LogP contribution in [-0.2, 0) is 0 Å². The molecule has 0 spiro atoms. The molecule has 0 fully saturated rings. The van der Waals surface area contributed by atoms with E-state index in [0.717, 1.165) is 0 Å². The van der Waals surface area contributed by atoms with Gasteiger partial charge in [0.15, 0.2) is 5.82 Å². The van der Waals surface area contributed by atoms with E-state index in [1.165, 1.54) is 4.57 Å². The maximum absolute atomic E-state index is 13.6. The second-order valence-electron chi connectivity index (χ2n) is 7.04. The first-order valence-electron chi connectivity index (χ1n) is 9.47. The van der Waals surface area contributed by atoms with Gasteiger partial charge in [0.2, 0.25) is 5.95 Å². The Balaban J connectivity index is 1.97. The highest BCUT2D eigenvalue weighted by molar-refractivity contribution is 6.35. The number of benzene rings is 2. The van der Waals surface area contributed by atoms with Gasteiger partial charge in [-0.05, 0) is 37.3 Å². The Kier molecular flexibility index (Phi) is 5.99. The molecule has 12 heteroatoms. The number of nitrogens with zero attached hydrogens (tertiary/aromatic N) is 5. The van der Waals surface area contributed by atoms with Crippen molar-refractivity contribution >= 4 is 63.3 Å². The minimum atomic E-state index is -0.653. The van der Waals surface area contributed by atoms with Gasteiger partial charge in [0.1, 0.15) is 23.3 Å². The van der Waals surface area contributed by atoms with Crippen molar-refractivity contribution in [1.82, 2.24) is 19.5 Å². The zero-order valence-corrected chi connectivity index (χ0v) is 19.2. The van der Waals surface area contributed by atoms with Gasteiger partial charge in [0.25, 0.3) is 5.56 Å². The highest BCUT2D eigenvalue weighted by atomic mass is 35.5. The number of aromatic nitrogens is 4. The summed E-state index contributed by atoms with van der Waals surface area (Å²) in [6.45, 7) is 1.73. The molecule has 2 heterocycles. The number of hydrogen-bond acceptors (Lipinski definition) is 8. The number of anilines is 3. The molecule has 5 N–H and O–H groups in total. The van der Waals surface area contributed by atoms with Crippen LogP contribution in [0.15, 0.2) is 41.2 Å². The van der Waals surface area contributed by atoms with Gasteiger partial charge in [-0.3, -0.25) is 9.36 Å². The van der Waals surface area contributed by atoms with E-state index >= 15 is 0 Å². The molecule has 1 atom stereocenters. The van der Waals surface area contributed by atoms with Gasteiger partial charge >= 0.3 is 0 Å². The first kappa shape index (κ1) is 22.6. The zero-order valence-electron chi connectivity index (χ0n) is 17.0. The Labute approximate surface area is 202 Å². The van der Waals surface area contributed by atoms with Crippen molar-refractivity contribution < 1.29 is 0 Å². The molecule has 0 radical (unpaired) electrons. The number of nitrogens with one attached hydrogen (secondary N) is 1. The molecule has 2 aromatic heterocycles. The molecule has 0 saturated heterocycles. The summed E-state index contributed by atoms with van der Waals surface area (Å²) >= 11 is 18.7. The Hall–Kier alpha value is -3.58. The fourth-order valence-electron chi connectivity index (χ4n) is 3.40. The fourth-order valence-corrected chi connectivity index (χ4v) is 4.16. The minimum absolute atomic E-state index is 0.0135. The van der Waals surface area contributed by atoms with Crippen LogP contribution >= 0.6 is 34.8 Å². The predicted molar refractivity (Wildman–Crippen MR) is 130 cm³/mol. The Bertz CT molecular complexity index is 1490. The van der Waals surface area contributed by atoms with E-state index in [1.54, 1.807) is 43.3 Å². The van der Waals surface area contributed by atoms with E-state index < -0.39 is 11.6 Å². The Morgan fingerprint density at radius 3 is 2.45 bits per heavy atom. The standard InChI is InChI=1S/C21H15Cl3N8O/c1-9(28-18-13(8-25)17(26)30-21(27)31-18)19-29-15-4-2-3-14(24)16(15)20(33)32(19)12-6-10(22)5-11(23)7-12/h2-7,9H,1H3,(H5,26,27,28,30,31). The highest BCUT2D eigenvalue weighted by Gasteiger charge is 2.22. The largest absolute Gasteiger partial charge is 0.382 e. The predicted octanol–water partition coefficient (Wildman–Crippen LogP) is 4.35. The number of nitrogens with two attached hydrogens (primary N) is 2. The lowest BCUT2D eigenvalue weighted by Gasteiger charge is -2.21. The summed E-state index contributed by atoms with van der Waals surface area (Å²) in [5.41, 5.74) is 11.9. The number of hydrogen-bond donors (Lipinski definition) is 3. The van der Waals surface area contributed by atoms with Crippen LogP contribution in [-0.4, -0.2) is 19.5 Å². The summed E-state index contributed by atoms with van der Waals surface area (Å²) in [5, 5.41) is 13.7. The summed E-state index contributed by atoms with van der Waals surface area (Å²) in [4.78, 5) is 26.1. The minimum Gasteiger partial charge on any atom is -0.382 e. The lowest BCUT2D eigenvalue weighted by Crippen LogP contribution is -2.28. The molecule has 9 nitrogen and oxygen atoms in total. The molecule has 0 bridgehead atoms. The van der Waals surface area contributed by atoms with E-state index in [2.05, 4.69) is 20.3 Å². The van der Waals surface area contributed by atoms with E-state index in [4.69, 9.17) is 46.3 Å². The van der Waals surface area contributed by atoms with Crippen LogP contribution in [0.25, 0.3) is 16.6 Å². The Morgan fingerprint density at radius 2 is 1.79 bits per heavy atom. The van der Waals surface area contributed by atoms with Crippen molar-refractivity contribution in [3.8, 4) is 11.8 Å².